The summed E-state index contributed by atoms with van der Waals surface area (Å²) in [5.74, 6) is 1.75. The van der Waals surface area contributed by atoms with E-state index in [0.717, 1.165) is 47.0 Å². The van der Waals surface area contributed by atoms with Gasteiger partial charge in [-0.25, -0.2) is 4.98 Å². The van der Waals surface area contributed by atoms with Gasteiger partial charge in [0.1, 0.15) is 11.5 Å². The van der Waals surface area contributed by atoms with Crippen LogP contribution in [0, 0.1) is 0 Å². The number of hydrogen-bond acceptors (Lipinski definition) is 4. The first kappa shape index (κ1) is 11.2. The number of H-pyrrole nitrogens is 1. The smallest absolute Gasteiger partial charge is 0.157 e. The van der Waals surface area contributed by atoms with Gasteiger partial charge in [-0.2, -0.15) is 0 Å². The maximum atomic E-state index is 4.57. The van der Waals surface area contributed by atoms with E-state index in [1.165, 1.54) is 0 Å². The largest absolute Gasteiger partial charge is 0.368 e. The Morgan fingerprint density at radius 3 is 2.90 bits per heavy atom. The summed E-state index contributed by atoms with van der Waals surface area (Å²) in [5, 5.41) is 3.28. The number of amidine groups is 1. The highest BCUT2D eigenvalue weighted by molar-refractivity contribution is 6.02. The third-order valence-electron chi connectivity index (χ3n) is 3.34. The van der Waals surface area contributed by atoms with Crippen LogP contribution in [0.25, 0.3) is 22.6 Å². The molecule has 0 atom stereocenters. The van der Waals surface area contributed by atoms with Gasteiger partial charge in [0, 0.05) is 18.3 Å². The maximum absolute atomic E-state index is 4.57. The van der Waals surface area contributed by atoms with E-state index in [9.17, 15) is 0 Å². The summed E-state index contributed by atoms with van der Waals surface area (Å²) in [5.41, 5.74) is 3.88. The molecule has 2 aromatic heterocycles. The van der Waals surface area contributed by atoms with Gasteiger partial charge >= 0.3 is 0 Å². The molecule has 5 heteroatoms. The van der Waals surface area contributed by atoms with E-state index in [2.05, 4.69) is 31.3 Å². The molecule has 1 aliphatic heterocycles. The fourth-order valence-corrected chi connectivity index (χ4v) is 2.37. The fraction of sp³-hybridized carbons (Fsp3) is 0.133. The molecule has 0 unspecified atom stereocenters. The summed E-state index contributed by atoms with van der Waals surface area (Å²) in [6.07, 6.45) is 1.77. The molecule has 1 aromatic carbocycles. The van der Waals surface area contributed by atoms with Crippen molar-refractivity contribution in [2.24, 2.45) is 4.99 Å². The number of aromatic nitrogens is 3. The van der Waals surface area contributed by atoms with Crippen LogP contribution in [-0.4, -0.2) is 33.9 Å². The maximum Gasteiger partial charge on any atom is 0.157 e. The molecule has 3 heterocycles. The molecule has 0 aliphatic carbocycles. The van der Waals surface area contributed by atoms with Gasteiger partial charge in [0.15, 0.2) is 5.82 Å². The summed E-state index contributed by atoms with van der Waals surface area (Å²) in [7, 11) is 0. The van der Waals surface area contributed by atoms with Crippen molar-refractivity contribution in [3.63, 3.8) is 0 Å². The third kappa shape index (κ3) is 1.84. The zero-order valence-electron chi connectivity index (χ0n) is 10.8. The molecule has 0 bridgehead atoms. The predicted molar refractivity (Wildman–Crippen MR) is 78.7 cm³/mol. The number of imidazole rings is 1. The van der Waals surface area contributed by atoms with Crippen LogP contribution in [0.5, 0.6) is 0 Å². The molecule has 4 rings (SSSR count). The Morgan fingerprint density at radius 1 is 1.10 bits per heavy atom. The van der Waals surface area contributed by atoms with E-state index < -0.39 is 0 Å². The lowest BCUT2D eigenvalue weighted by Gasteiger charge is -2.01. The molecule has 0 radical (unpaired) electrons. The summed E-state index contributed by atoms with van der Waals surface area (Å²) < 4.78 is 0. The van der Waals surface area contributed by atoms with Crippen LogP contribution in [0.4, 0.5) is 0 Å². The fourth-order valence-electron chi connectivity index (χ4n) is 2.37. The monoisotopic (exact) mass is 263 g/mol. The number of nitrogens with zero attached hydrogens (tertiary/aromatic N) is 3. The van der Waals surface area contributed by atoms with Crippen molar-refractivity contribution in [2.75, 3.05) is 13.1 Å². The first-order valence-corrected chi connectivity index (χ1v) is 6.60. The molecule has 3 aromatic rings. The number of aliphatic imine (C=N–C) groups is 1. The van der Waals surface area contributed by atoms with Crippen LogP contribution < -0.4 is 5.32 Å². The first-order valence-electron chi connectivity index (χ1n) is 6.60. The molecule has 0 saturated carbocycles. The Morgan fingerprint density at radius 2 is 2.10 bits per heavy atom. The minimum absolute atomic E-state index is 0.791. The Hall–Kier alpha value is -2.69. The van der Waals surface area contributed by atoms with Gasteiger partial charge in [-0.3, -0.25) is 9.98 Å². The number of benzene rings is 1. The number of nitrogens with one attached hydrogen (secondary N) is 2. The Balaban J connectivity index is 1.80. The number of rotatable bonds is 2. The van der Waals surface area contributed by atoms with Gasteiger partial charge in [0.25, 0.3) is 0 Å². The van der Waals surface area contributed by atoms with Gasteiger partial charge in [-0.05, 0) is 30.3 Å². The van der Waals surface area contributed by atoms with Crippen molar-refractivity contribution < 1.29 is 0 Å². The number of fused-ring (bicyclic) bond motifs is 1. The summed E-state index contributed by atoms with van der Waals surface area (Å²) in [6.45, 7) is 1.76. The van der Waals surface area contributed by atoms with Crippen LogP contribution in [0.3, 0.4) is 0 Å². The normalized spacial score (nSPS) is 14.3. The second kappa shape index (κ2) is 4.45. The average Bonchev–Trinajstić information content (AvgIpc) is 3.16. The van der Waals surface area contributed by atoms with E-state index in [1.807, 2.05) is 30.3 Å². The molecule has 0 spiro atoms. The summed E-state index contributed by atoms with van der Waals surface area (Å²) in [6, 6.07) is 11.9. The van der Waals surface area contributed by atoms with E-state index in [-0.39, 0.29) is 0 Å². The number of aromatic amines is 1. The van der Waals surface area contributed by atoms with Crippen molar-refractivity contribution in [1.82, 2.24) is 20.3 Å². The van der Waals surface area contributed by atoms with Crippen molar-refractivity contribution >= 4 is 16.9 Å². The highest BCUT2D eigenvalue weighted by Crippen LogP contribution is 2.20. The molecule has 1 aliphatic rings. The van der Waals surface area contributed by atoms with Crippen LogP contribution >= 0.6 is 0 Å². The SMILES string of the molecule is c1ccc(-c2nc3ccc(C4=NCCN4)cc3[nH]2)nc1. The van der Waals surface area contributed by atoms with Crippen LogP contribution in [0.15, 0.2) is 47.6 Å². The molecular formula is C15H13N5. The van der Waals surface area contributed by atoms with Crippen LogP contribution in [-0.2, 0) is 0 Å². The lowest BCUT2D eigenvalue weighted by Crippen LogP contribution is -2.19. The summed E-state index contributed by atoms with van der Waals surface area (Å²) in [4.78, 5) is 16.6. The molecule has 0 saturated heterocycles. The quantitative estimate of drug-likeness (QED) is 0.743. The second-order valence-electron chi connectivity index (χ2n) is 4.69. The first-order chi connectivity index (χ1) is 9.90. The molecular weight excluding hydrogens is 250 g/mol. The molecule has 98 valence electrons. The zero-order chi connectivity index (χ0) is 13.4. The molecule has 5 nitrogen and oxygen atoms in total. The predicted octanol–water partition coefficient (Wildman–Crippen LogP) is 1.97. The molecule has 20 heavy (non-hydrogen) atoms. The molecule has 2 N–H and O–H groups in total. The molecule has 0 amide bonds. The highest BCUT2D eigenvalue weighted by Gasteiger charge is 2.11. The van der Waals surface area contributed by atoms with Crippen molar-refractivity contribution in [3.8, 4) is 11.5 Å². The minimum atomic E-state index is 0.791. The van der Waals surface area contributed by atoms with E-state index in [0.29, 0.717) is 0 Å². The second-order valence-corrected chi connectivity index (χ2v) is 4.69. The van der Waals surface area contributed by atoms with Crippen LogP contribution in [0.1, 0.15) is 5.56 Å². The van der Waals surface area contributed by atoms with E-state index in [4.69, 9.17) is 0 Å². The Kier molecular flexibility index (Phi) is 2.48. The summed E-state index contributed by atoms with van der Waals surface area (Å²) >= 11 is 0. The molecule has 0 fully saturated rings. The van der Waals surface area contributed by atoms with Gasteiger partial charge in [-0.1, -0.05) is 6.07 Å². The van der Waals surface area contributed by atoms with Crippen molar-refractivity contribution in [2.45, 2.75) is 0 Å². The van der Waals surface area contributed by atoms with Gasteiger partial charge < -0.3 is 10.3 Å². The van der Waals surface area contributed by atoms with Gasteiger partial charge in [-0.15, -0.1) is 0 Å². The lowest BCUT2D eigenvalue weighted by atomic mass is 10.2. The average molecular weight is 263 g/mol. The number of pyridine rings is 1. The topological polar surface area (TPSA) is 66.0 Å². The lowest BCUT2D eigenvalue weighted by molar-refractivity contribution is 0.960. The standard InChI is InChI=1S/C15H13N5/c1-2-6-16-12(3-1)15-19-11-5-4-10(9-13(11)20-15)14-17-7-8-18-14/h1-6,9H,7-8H2,(H,17,18)(H,19,20). The van der Waals surface area contributed by atoms with Crippen molar-refractivity contribution in [1.29, 1.82) is 0 Å². The minimum Gasteiger partial charge on any atom is -0.368 e. The van der Waals surface area contributed by atoms with Gasteiger partial charge in [0.05, 0.1) is 17.6 Å². The third-order valence-corrected chi connectivity index (χ3v) is 3.34. The van der Waals surface area contributed by atoms with E-state index >= 15 is 0 Å². The number of hydrogen-bond donors (Lipinski definition) is 2. The Bertz CT molecular complexity index is 788. The van der Waals surface area contributed by atoms with E-state index in [1.54, 1.807) is 6.20 Å². The van der Waals surface area contributed by atoms with Crippen LogP contribution in [0.2, 0.25) is 0 Å². The van der Waals surface area contributed by atoms with Gasteiger partial charge in [0.2, 0.25) is 0 Å². The Labute approximate surface area is 115 Å². The van der Waals surface area contributed by atoms with Crippen molar-refractivity contribution in [3.05, 3.63) is 48.2 Å². The highest BCUT2D eigenvalue weighted by atomic mass is 15.1. The zero-order valence-corrected chi connectivity index (χ0v) is 10.8.